The van der Waals surface area contributed by atoms with E-state index in [1.54, 1.807) is 4.90 Å². The van der Waals surface area contributed by atoms with Gasteiger partial charge in [0.1, 0.15) is 6.26 Å². The number of rotatable bonds is 1. The molecular weight excluding hydrogens is 225 g/mol. The lowest BCUT2D eigenvalue weighted by molar-refractivity contribution is -0.141. The van der Waals surface area contributed by atoms with Crippen LogP contribution in [-0.4, -0.2) is 29.3 Å². The predicted molar refractivity (Wildman–Crippen MR) is 49.0 cm³/mol. The number of aliphatic hydroxyl groups excluding tert-OH is 1. The molecule has 1 aliphatic heterocycles. The van der Waals surface area contributed by atoms with Crippen molar-refractivity contribution in [3.05, 3.63) is 12.0 Å². The monoisotopic (exact) mass is 236 g/mol. The van der Waals surface area contributed by atoms with Crippen molar-refractivity contribution in [3.8, 4) is 0 Å². The van der Waals surface area contributed by atoms with Gasteiger partial charge in [-0.2, -0.15) is 18.2 Å². The highest BCUT2D eigenvalue weighted by Crippen LogP contribution is 2.30. The van der Waals surface area contributed by atoms with E-state index < -0.39 is 11.9 Å². The average molecular weight is 236 g/mol. The van der Waals surface area contributed by atoms with Gasteiger partial charge in [-0.1, -0.05) is 0 Å². The number of halogens is 3. The Morgan fingerprint density at radius 3 is 2.50 bits per heavy atom. The van der Waals surface area contributed by atoms with Crippen LogP contribution in [0.4, 0.5) is 19.2 Å². The van der Waals surface area contributed by atoms with Crippen LogP contribution in [-0.2, 0) is 6.18 Å². The lowest BCUT2D eigenvalue weighted by atomic mass is 10.1. The molecule has 1 fully saturated rings. The van der Waals surface area contributed by atoms with E-state index in [4.69, 9.17) is 4.42 Å². The van der Waals surface area contributed by atoms with Gasteiger partial charge in [-0.15, -0.1) is 0 Å². The minimum Gasteiger partial charge on any atom is -0.431 e. The number of nitrogens with zero attached hydrogens (tertiary/aromatic N) is 2. The Bertz CT molecular complexity index is 356. The van der Waals surface area contributed by atoms with Crippen LogP contribution in [0.3, 0.4) is 0 Å². The van der Waals surface area contributed by atoms with Crippen LogP contribution in [0.5, 0.6) is 0 Å². The molecule has 2 heterocycles. The zero-order valence-electron chi connectivity index (χ0n) is 8.37. The van der Waals surface area contributed by atoms with Crippen molar-refractivity contribution in [1.82, 2.24) is 4.98 Å². The highest BCUT2D eigenvalue weighted by Gasteiger charge is 2.35. The predicted octanol–water partition coefficient (Wildman–Crippen LogP) is 1.65. The number of oxazole rings is 1. The summed E-state index contributed by atoms with van der Waals surface area (Å²) in [5, 5.41) is 9.25. The minimum atomic E-state index is -4.48. The highest BCUT2D eigenvalue weighted by atomic mass is 19.4. The molecule has 16 heavy (non-hydrogen) atoms. The van der Waals surface area contributed by atoms with Gasteiger partial charge in [0.25, 0.3) is 6.01 Å². The molecule has 0 radical (unpaired) electrons. The van der Waals surface area contributed by atoms with E-state index in [2.05, 4.69) is 4.98 Å². The van der Waals surface area contributed by atoms with Crippen molar-refractivity contribution >= 4 is 6.01 Å². The maximum absolute atomic E-state index is 12.2. The Kier molecular flexibility index (Phi) is 2.79. The fourth-order valence-electron chi connectivity index (χ4n) is 1.60. The van der Waals surface area contributed by atoms with Crippen LogP contribution < -0.4 is 4.90 Å². The Labute approximate surface area is 89.7 Å². The van der Waals surface area contributed by atoms with E-state index in [0.717, 1.165) is 0 Å². The molecule has 90 valence electrons. The molecule has 0 aromatic carbocycles. The molecule has 0 atom stereocenters. The van der Waals surface area contributed by atoms with Gasteiger partial charge >= 0.3 is 6.18 Å². The normalized spacial score (nSPS) is 19.1. The SMILES string of the molecule is OC1CCN(c2nc(C(F)(F)F)co2)CC1. The average Bonchev–Trinajstić information content (AvgIpc) is 2.67. The summed E-state index contributed by atoms with van der Waals surface area (Å²) >= 11 is 0. The number of piperidine rings is 1. The molecule has 2 rings (SSSR count). The molecule has 1 N–H and O–H groups in total. The van der Waals surface area contributed by atoms with E-state index in [0.29, 0.717) is 32.2 Å². The summed E-state index contributed by atoms with van der Waals surface area (Å²) in [6.07, 6.45) is -3.21. The van der Waals surface area contributed by atoms with Crippen molar-refractivity contribution in [2.24, 2.45) is 0 Å². The topological polar surface area (TPSA) is 49.5 Å². The number of aliphatic hydroxyl groups is 1. The van der Waals surface area contributed by atoms with Gasteiger partial charge in [-0.05, 0) is 12.8 Å². The summed E-state index contributed by atoms with van der Waals surface area (Å²) < 4.78 is 41.5. The van der Waals surface area contributed by atoms with Crippen LogP contribution in [0.25, 0.3) is 0 Å². The third kappa shape index (κ3) is 2.29. The summed E-state index contributed by atoms with van der Waals surface area (Å²) in [4.78, 5) is 4.98. The molecule has 7 heteroatoms. The van der Waals surface area contributed by atoms with Gasteiger partial charge in [0, 0.05) is 13.1 Å². The first-order valence-electron chi connectivity index (χ1n) is 4.92. The summed E-state index contributed by atoms with van der Waals surface area (Å²) in [7, 11) is 0. The fraction of sp³-hybridized carbons (Fsp3) is 0.667. The van der Waals surface area contributed by atoms with Gasteiger partial charge < -0.3 is 14.4 Å². The van der Waals surface area contributed by atoms with E-state index >= 15 is 0 Å². The van der Waals surface area contributed by atoms with Gasteiger partial charge in [-0.3, -0.25) is 0 Å². The fourth-order valence-corrected chi connectivity index (χ4v) is 1.60. The number of aromatic nitrogens is 1. The van der Waals surface area contributed by atoms with E-state index in [1.807, 2.05) is 0 Å². The maximum atomic E-state index is 12.2. The Hall–Kier alpha value is -1.24. The summed E-state index contributed by atoms with van der Waals surface area (Å²) in [5.41, 5.74) is -1.02. The number of alkyl halides is 3. The largest absolute Gasteiger partial charge is 0.436 e. The number of anilines is 1. The standard InChI is InChI=1S/C9H11F3N2O2/c10-9(11,12)7-5-16-8(13-7)14-3-1-6(15)2-4-14/h5-6,15H,1-4H2. The van der Waals surface area contributed by atoms with Crippen molar-refractivity contribution in [1.29, 1.82) is 0 Å². The summed E-state index contributed by atoms with van der Waals surface area (Å²) in [6.45, 7) is 0.915. The Morgan fingerprint density at radius 1 is 1.38 bits per heavy atom. The van der Waals surface area contributed by atoms with E-state index in [-0.39, 0.29) is 12.1 Å². The molecule has 0 bridgehead atoms. The molecule has 0 spiro atoms. The van der Waals surface area contributed by atoms with Crippen molar-refractivity contribution in [2.45, 2.75) is 25.1 Å². The lowest BCUT2D eigenvalue weighted by Gasteiger charge is -2.27. The second kappa shape index (κ2) is 3.97. The van der Waals surface area contributed by atoms with Crippen LogP contribution in [0.2, 0.25) is 0 Å². The first-order valence-corrected chi connectivity index (χ1v) is 4.92. The van der Waals surface area contributed by atoms with Crippen molar-refractivity contribution < 1.29 is 22.7 Å². The molecule has 0 amide bonds. The van der Waals surface area contributed by atoms with Crippen molar-refractivity contribution in [3.63, 3.8) is 0 Å². The molecule has 1 aromatic heterocycles. The quantitative estimate of drug-likeness (QED) is 0.805. The van der Waals surface area contributed by atoms with Crippen LogP contribution in [0, 0.1) is 0 Å². The molecule has 0 saturated carbocycles. The Morgan fingerprint density at radius 2 is 2.00 bits per heavy atom. The number of hydrogen-bond acceptors (Lipinski definition) is 4. The van der Waals surface area contributed by atoms with Gasteiger partial charge in [-0.25, -0.2) is 0 Å². The molecule has 1 aliphatic rings. The minimum absolute atomic E-state index is 0.0285. The van der Waals surface area contributed by atoms with E-state index in [9.17, 15) is 18.3 Å². The third-order valence-electron chi connectivity index (χ3n) is 2.52. The summed E-state index contributed by atoms with van der Waals surface area (Å²) in [6, 6.07) is -0.0285. The third-order valence-corrected chi connectivity index (χ3v) is 2.52. The maximum Gasteiger partial charge on any atom is 0.436 e. The van der Waals surface area contributed by atoms with Crippen LogP contribution in [0.15, 0.2) is 10.7 Å². The molecule has 0 unspecified atom stereocenters. The Balaban J connectivity index is 2.08. The first-order chi connectivity index (χ1) is 7.47. The highest BCUT2D eigenvalue weighted by molar-refractivity contribution is 5.28. The molecular formula is C9H11F3N2O2. The molecule has 4 nitrogen and oxygen atoms in total. The second-order valence-electron chi connectivity index (χ2n) is 3.73. The van der Waals surface area contributed by atoms with Crippen LogP contribution in [0.1, 0.15) is 18.5 Å². The van der Waals surface area contributed by atoms with E-state index in [1.165, 1.54) is 0 Å². The van der Waals surface area contributed by atoms with Gasteiger partial charge in [0.15, 0.2) is 5.69 Å². The molecule has 0 aliphatic carbocycles. The van der Waals surface area contributed by atoms with Crippen molar-refractivity contribution in [2.75, 3.05) is 18.0 Å². The molecule has 1 saturated heterocycles. The lowest BCUT2D eigenvalue weighted by Crippen LogP contribution is -2.36. The zero-order chi connectivity index (χ0) is 11.8. The summed E-state index contributed by atoms with van der Waals surface area (Å²) in [5.74, 6) is 0. The van der Waals surface area contributed by atoms with Crippen LogP contribution >= 0.6 is 0 Å². The van der Waals surface area contributed by atoms with Gasteiger partial charge in [0.05, 0.1) is 6.10 Å². The zero-order valence-corrected chi connectivity index (χ0v) is 8.37. The second-order valence-corrected chi connectivity index (χ2v) is 3.73. The molecule has 1 aromatic rings. The van der Waals surface area contributed by atoms with Gasteiger partial charge in [0.2, 0.25) is 0 Å². The number of hydrogen-bond donors (Lipinski definition) is 1. The smallest absolute Gasteiger partial charge is 0.431 e. The first kappa shape index (κ1) is 11.3.